The van der Waals surface area contributed by atoms with Crippen LogP contribution in [0.4, 0.5) is 11.4 Å². The molecule has 0 unspecified atom stereocenters. The maximum Gasteiger partial charge on any atom is 0.347 e. The molecule has 0 radical (unpaired) electrons. The molecule has 0 aliphatic heterocycles. The Bertz CT molecular complexity index is 891. The number of hydrogen-bond acceptors (Lipinski definition) is 7. The number of aromatic hydroxyl groups is 1. The highest BCUT2D eigenvalue weighted by molar-refractivity contribution is 9.11. The summed E-state index contributed by atoms with van der Waals surface area (Å²) in [7, 11) is 0. The molecule has 1 N–H and O–H groups in total. The fourth-order valence-corrected chi connectivity index (χ4v) is 3.49. The summed E-state index contributed by atoms with van der Waals surface area (Å²) in [4.78, 5) is 32.2. The summed E-state index contributed by atoms with van der Waals surface area (Å²) in [5, 5.41) is 31.7. The van der Waals surface area contributed by atoms with E-state index in [1.165, 1.54) is 0 Å². The first-order valence-corrected chi connectivity index (χ1v) is 8.04. The molecule has 9 nitrogen and oxygen atoms in total. The monoisotopic (exact) mass is 474 g/mol. The van der Waals surface area contributed by atoms with Crippen LogP contribution in [0.2, 0.25) is 0 Å². The molecular weight excluding hydrogens is 468 g/mol. The minimum Gasteiger partial charge on any atom is -0.501 e. The van der Waals surface area contributed by atoms with Gasteiger partial charge in [-0.1, -0.05) is 15.9 Å². The van der Waals surface area contributed by atoms with Crippen LogP contribution < -0.4 is 4.74 Å². The molecule has 2 rings (SSSR count). The Kier molecular flexibility index (Phi) is 5.38. The van der Waals surface area contributed by atoms with Crippen molar-refractivity contribution in [2.45, 2.75) is 6.92 Å². The SMILES string of the molecule is Cc1cc(Br)cc(Br)c1OC(=O)c1cc([N+](=O)[O-])cc([N+](=O)[O-])c1O. The molecule has 0 saturated carbocycles. The quantitative estimate of drug-likeness (QED) is 0.302. The van der Waals surface area contributed by atoms with Gasteiger partial charge in [-0.25, -0.2) is 4.79 Å². The van der Waals surface area contributed by atoms with Gasteiger partial charge in [-0.2, -0.15) is 0 Å². The Morgan fingerprint density at radius 3 is 2.28 bits per heavy atom. The van der Waals surface area contributed by atoms with Crippen LogP contribution in [0, 0.1) is 27.2 Å². The van der Waals surface area contributed by atoms with Crippen LogP contribution in [0.5, 0.6) is 11.5 Å². The van der Waals surface area contributed by atoms with Gasteiger partial charge in [0.05, 0.1) is 20.4 Å². The van der Waals surface area contributed by atoms with E-state index in [1.807, 2.05) is 0 Å². The van der Waals surface area contributed by atoms with E-state index in [2.05, 4.69) is 31.9 Å². The van der Waals surface area contributed by atoms with E-state index in [-0.39, 0.29) is 5.75 Å². The lowest BCUT2D eigenvalue weighted by atomic mass is 10.1. The van der Waals surface area contributed by atoms with Crippen LogP contribution in [0.1, 0.15) is 15.9 Å². The fourth-order valence-electron chi connectivity index (χ4n) is 1.97. The van der Waals surface area contributed by atoms with E-state index in [9.17, 15) is 30.1 Å². The molecule has 130 valence electrons. The van der Waals surface area contributed by atoms with Gasteiger partial charge < -0.3 is 9.84 Å². The van der Waals surface area contributed by atoms with Gasteiger partial charge in [0, 0.05) is 10.5 Å². The minimum atomic E-state index is -1.17. The van der Waals surface area contributed by atoms with Crippen LogP contribution in [-0.2, 0) is 0 Å². The number of carbonyl (C=O) groups excluding carboxylic acids is 1. The summed E-state index contributed by atoms with van der Waals surface area (Å²) in [6, 6.07) is 4.54. The first kappa shape index (κ1) is 18.8. The number of benzene rings is 2. The molecular formula is C14H8Br2N2O7. The highest BCUT2D eigenvalue weighted by Gasteiger charge is 2.29. The summed E-state index contributed by atoms with van der Waals surface area (Å²) in [5.41, 5.74) is -1.82. The topological polar surface area (TPSA) is 133 Å². The lowest BCUT2D eigenvalue weighted by molar-refractivity contribution is -0.394. The zero-order valence-electron chi connectivity index (χ0n) is 12.4. The second-order valence-electron chi connectivity index (χ2n) is 4.80. The van der Waals surface area contributed by atoms with Crippen molar-refractivity contribution in [2.75, 3.05) is 0 Å². The van der Waals surface area contributed by atoms with Crippen LogP contribution in [-0.4, -0.2) is 20.9 Å². The number of halogens is 2. The number of esters is 1. The Labute approximate surface area is 156 Å². The lowest BCUT2D eigenvalue weighted by Crippen LogP contribution is -2.11. The number of carbonyl (C=O) groups is 1. The number of nitrogens with zero attached hydrogens (tertiary/aromatic N) is 2. The fraction of sp³-hybridized carbons (Fsp3) is 0.0714. The smallest absolute Gasteiger partial charge is 0.347 e. The van der Waals surface area contributed by atoms with Gasteiger partial charge in [-0.05, 0) is 40.5 Å². The second-order valence-corrected chi connectivity index (χ2v) is 6.57. The Morgan fingerprint density at radius 1 is 1.12 bits per heavy atom. The zero-order chi connectivity index (χ0) is 18.9. The van der Waals surface area contributed by atoms with Crippen molar-refractivity contribution in [3.05, 3.63) is 64.6 Å². The first-order valence-electron chi connectivity index (χ1n) is 6.45. The van der Waals surface area contributed by atoms with E-state index in [1.54, 1.807) is 19.1 Å². The molecule has 25 heavy (non-hydrogen) atoms. The van der Waals surface area contributed by atoms with E-state index in [0.29, 0.717) is 26.6 Å². The van der Waals surface area contributed by atoms with Gasteiger partial charge in [-0.15, -0.1) is 0 Å². The van der Waals surface area contributed by atoms with E-state index in [4.69, 9.17) is 4.74 Å². The van der Waals surface area contributed by atoms with Crippen LogP contribution >= 0.6 is 31.9 Å². The van der Waals surface area contributed by atoms with Crippen molar-refractivity contribution in [2.24, 2.45) is 0 Å². The standard InChI is InChI=1S/C14H8Br2N2O7/c1-6-2-7(15)3-10(16)13(6)25-14(20)9-4-8(17(21)22)5-11(12(9)19)18(23)24/h2-5,19H,1H3. The van der Waals surface area contributed by atoms with Gasteiger partial charge >= 0.3 is 11.7 Å². The second kappa shape index (κ2) is 7.15. The maximum absolute atomic E-state index is 12.3. The molecule has 0 aromatic heterocycles. The largest absolute Gasteiger partial charge is 0.501 e. The summed E-state index contributed by atoms with van der Waals surface area (Å²) < 4.78 is 6.28. The number of nitro benzene ring substituents is 2. The van der Waals surface area contributed by atoms with Crippen LogP contribution in [0.3, 0.4) is 0 Å². The summed E-state index contributed by atoms with van der Waals surface area (Å²) in [6.07, 6.45) is 0. The molecule has 0 heterocycles. The van der Waals surface area contributed by atoms with E-state index in [0.717, 1.165) is 0 Å². The van der Waals surface area contributed by atoms with E-state index >= 15 is 0 Å². The molecule has 0 aliphatic rings. The Balaban J connectivity index is 2.53. The van der Waals surface area contributed by atoms with Gasteiger partial charge in [0.1, 0.15) is 11.3 Å². The molecule has 2 aromatic carbocycles. The number of non-ortho nitro benzene ring substituents is 1. The molecule has 0 aliphatic carbocycles. The minimum absolute atomic E-state index is 0.113. The highest BCUT2D eigenvalue weighted by Crippen LogP contribution is 2.37. The van der Waals surface area contributed by atoms with Gasteiger partial charge in [-0.3, -0.25) is 20.2 Å². The van der Waals surface area contributed by atoms with Crippen molar-refractivity contribution in [1.29, 1.82) is 0 Å². The average molecular weight is 476 g/mol. The summed E-state index contributed by atoms with van der Waals surface area (Å²) >= 11 is 6.47. The molecule has 0 amide bonds. The van der Waals surface area contributed by atoms with Gasteiger partial charge in [0.2, 0.25) is 5.75 Å². The van der Waals surface area contributed by atoms with Gasteiger partial charge in [0.25, 0.3) is 5.69 Å². The number of phenolic OH excluding ortho intramolecular Hbond substituents is 1. The normalized spacial score (nSPS) is 10.4. The number of rotatable bonds is 4. The van der Waals surface area contributed by atoms with Crippen LogP contribution in [0.25, 0.3) is 0 Å². The van der Waals surface area contributed by atoms with Crippen molar-refractivity contribution in [1.82, 2.24) is 0 Å². The molecule has 2 aromatic rings. The van der Waals surface area contributed by atoms with Crippen molar-refractivity contribution in [3.63, 3.8) is 0 Å². The molecule has 11 heteroatoms. The molecule has 0 atom stereocenters. The highest BCUT2D eigenvalue weighted by atomic mass is 79.9. The predicted octanol–water partition coefficient (Wildman–Crippen LogP) is 4.26. The summed E-state index contributed by atoms with van der Waals surface area (Å²) in [5.74, 6) is -2.07. The predicted molar refractivity (Wildman–Crippen MR) is 93.0 cm³/mol. The van der Waals surface area contributed by atoms with Gasteiger partial charge in [0.15, 0.2) is 0 Å². The average Bonchev–Trinajstić information content (AvgIpc) is 2.50. The molecule has 0 fully saturated rings. The van der Waals surface area contributed by atoms with Crippen molar-refractivity contribution < 1.29 is 24.5 Å². The zero-order valence-corrected chi connectivity index (χ0v) is 15.5. The first-order chi connectivity index (χ1) is 11.6. The summed E-state index contributed by atoms with van der Waals surface area (Å²) in [6.45, 7) is 1.65. The molecule has 0 bridgehead atoms. The third kappa shape index (κ3) is 3.94. The Hall–Kier alpha value is -2.53. The third-order valence-corrected chi connectivity index (χ3v) is 4.14. The molecule has 0 spiro atoms. The lowest BCUT2D eigenvalue weighted by Gasteiger charge is -2.11. The van der Waals surface area contributed by atoms with Crippen molar-refractivity contribution in [3.8, 4) is 11.5 Å². The number of ether oxygens (including phenoxy) is 1. The molecule has 0 saturated heterocycles. The van der Waals surface area contributed by atoms with Crippen LogP contribution in [0.15, 0.2) is 33.2 Å². The number of hydrogen-bond donors (Lipinski definition) is 1. The third-order valence-electron chi connectivity index (χ3n) is 3.09. The van der Waals surface area contributed by atoms with Crippen molar-refractivity contribution >= 4 is 49.2 Å². The number of phenols is 1. The number of aryl methyl sites for hydroxylation is 1. The van der Waals surface area contributed by atoms with E-state index < -0.39 is 38.5 Å². The Morgan fingerprint density at radius 2 is 1.76 bits per heavy atom. The number of nitro groups is 2. The maximum atomic E-state index is 12.3.